The van der Waals surface area contributed by atoms with Gasteiger partial charge in [-0.3, -0.25) is 4.79 Å². The topological polar surface area (TPSA) is 55.8 Å². The maximum absolute atomic E-state index is 13.1. The van der Waals surface area contributed by atoms with Crippen LogP contribution in [0.3, 0.4) is 0 Å². The SMILES string of the molecule is CCOc1ccc(C2CCCN2C(=O)C2Cc3ccccc3C(=O)O2)cc1. The maximum atomic E-state index is 13.1. The molecule has 0 N–H and O–H groups in total. The molecule has 1 amide bonds. The van der Waals surface area contributed by atoms with Gasteiger partial charge in [-0.1, -0.05) is 30.3 Å². The van der Waals surface area contributed by atoms with E-state index < -0.39 is 12.1 Å². The second-order valence-corrected chi connectivity index (χ2v) is 6.95. The highest BCUT2D eigenvalue weighted by molar-refractivity contribution is 5.95. The molecule has 2 unspecified atom stereocenters. The largest absolute Gasteiger partial charge is 0.494 e. The molecule has 27 heavy (non-hydrogen) atoms. The monoisotopic (exact) mass is 365 g/mol. The van der Waals surface area contributed by atoms with Crippen LogP contribution in [0.25, 0.3) is 0 Å². The van der Waals surface area contributed by atoms with Crippen molar-refractivity contribution in [2.24, 2.45) is 0 Å². The van der Waals surface area contributed by atoms with Gasteiger partial charge in [0.2, 0.25) is 0 Å². The number of nitrogens with zero attached hydrogens (tertiary/aromatic N) is 1. The summed E-state index contributed by atoms with van der Waals surface area (Å²) in [5.41, 5.74) is 2.53. The third-order valence-corrected chi connectivity index (χ3v) is 5.28. The summed E-state index contributed by atoms with van der Waals surface area (Å²) in [5, 5.41) is 0. The first kappa shape index (κ1) is 17.6. The van der Waals surface area contributed by atoms with E-state index in [2.05, 4.69) is 0 Å². The lowest BCUT2D eigenvalue weighted by Gasteiger charge is -2.31. The van der Waals surface area contributed by atoms with E-state index in [1.807, 2.05) is 54.3 Å². The number of cyclic esters (lactones) is 1. The van der Waals surface area contributed by atoms with Crippen molar-refractivity contribution in [3.63, 3.8) is 0 Å². The number of benzene rings is 2. The van der Waals surface area contributed by atoms with Gasteiger partial charge in [-0.15, -0.1) is 0 Å². The van der Waals surface area contributed by atoms with E-state index in [1.165, 1.54) is 0 Å². The van der Waals surface area contributed by atoms with E-state index >= 15 is 0 Å². The molecule has 0 aromatic heterocycles. The molecule has 0 aliphatic carbocycles. The molecular formula is C22H23NO4. The number of hydrogen-bond acceptors (Lipinski definition) is 4. The van der Waals surface area contributed by atoms with Crippen LogP contribution >= 0.6 is 0 Å². The summed E-state index contributed by atoms with van der Waals surface area (Å²) in [6, 6.07) is 15.3. The van der Waals surface area contributed by atoms with Crippen LogP contribution in [0, 0.1) is 0 Å². The smallest absolute Gasteiger partial charge is 0.339 e. The van der Waals surface area contributed by atoms with Crippen molar-refractivity contribution in [1.29, 1.82) is 0 Å². The Bertz CT molecular complexity index is 846. The molecule has 1 fully saturated rings. The van der Waals surface area contributed by atoms with Crippen LogP contribution < -0.4 is 4.74 Å². The highest BCUT2D eigenvalue weighted by atomic mass is 16.5. The van der Waals surface area contributed by atoms with Gasteiger partial charge in [-0.2, -0.15) is 0 Å². The molecule has 2 aliphatic heterocycles. The molecule has 2 aromatic carbocycles. The van der Waals surface area contributed by atoms with E-state index in [0.29, 0.717) is 25.1 Å². The summed E-state index contributed by atoms with van der Waals surface area (Å²) < 4.78 is 11.0. The Balaban J connectivity index is 1.52. The minimum atomic E-state index is -0.740. The molecule has 5 nitrogen and oxygen atoms in total. The summed E-state index contributed by atoms with van der Waals surface area (Å²) in [5.74, 6) is 0.316. The highest BCUT2D eigenvalue weighted by Gasteiger charge is 2.38. The van der Waals surface area contributed by atoms with Gasteiger partial charge in [0, 0.05) is 13.0 Å². The van der Waals surface area contributed by atoms with Crippen molar-refractivity contribution in [1.82, 2.24) is 4.90 Å². The molecule has 0 saturated carbocycles. The van der Waals surface area contributed by atoms with Crippen molar-refractivity contribution < 1.29 is 19.1 Å². The van der Waals surface area contributed by atoms with Crippen LogP contribution in [0.1, 0.15) is 47.3 Å². The Morgan fingerprint density at radius 1 is 1.19 bits per heavy atom. The molecule has 5 heteroatoms. The van der Waals surface area contributed by atoms with Crippen LogP contribution in [0.4, 0.5) is 0 Å². The first-order valence-electron chi connectivity index (χ1n) is 9.49. The van der Waals surface area contributed by atoms with Crippen LogP contribution in [-0.2, 0) is 16.0 Å². The lowest BCUT2D eigenvalue weighted by molar-refractivity contribution is -0.142. The Morgan fingerprint density at radius 2 is 1.96 bits per heavy atom. The van der Waals surface area contributed by atoms with Crippen LogP contribution in [0.15, 0.2) is 48.5 Å². The standard InChI is InChI=1S/C22H23NO4/c1-2-26-17-11-9-15(10-12-17)19-8-5-13-23(19)21(24)20-14-16-6-3-4-7-18(16)22(25)27-20/h3-4,6-7,9-12,19-20H,2,5,8,13-14H2,1H3. The van der Waals surface area contributed by atoms with E-state index in [0.717, 1.165) is 29.7 Å². The third kappa shape index (κ3) is 3.42. The van der Waals surface area contributed by atoms with E-state index in [4.69, 9.17) is 9.47 Å². The first-order valence-corrected chi connectivity index (χ1v) is 9.49. The molecule has 2 aliphatic rings. The molecule has 140 valence electrons. The third-order valence-electron chi connectivity index (χ3n) is 5.28. The summed E-state index contributed by atoms with van der Waals surface area (Å²) in [7, 11) is 0. The zero-order chi connectivity index (χ0) is 18.8. The van der Waals surface area contributed by atoms with Gasteiger partial charge in [0.25, 0.3) is 5.91 Å². The fraction of sp³-hybridized carbons (Fsp3) is 0.364. The Labute approximate surface area is 158 Å². The molecular weight excluding hydrogens is 342 g/mol. The fourth-order valence-corrected chi connectivity index (χ4v) is 3.98. The summed E-state index contributed by atoms with van der Waals surface area (Å²) in [6.07, 6.45) is 1.56. The number of ether oxygens (including phenoxy) is 2. The van der Waals surface area contributed by atoms with Crippen LogP contribution in [-0.4, -0.2) is 36.0 Å². The van der Waals surface area contributed by atoms with E-state index in [-0.39, 0.29) is 11.9 Å². The number of carbonyl (C=O) groups excluding carboxylic acids is 2. The number of amides is 1. The molecule has 1 saturated heterocycles. The van der Waals surface area contributed by atoms with Gasteiger partial charge in [-0.25, -0.2) is 4.79 Å². The van der Waals surface area contributed by atoms with Gasteiger partial charge in [0.1, 0.15) is 5.75 Å². The molecule has 0 radical (unpaired) electrons. The van der Waals surface area contributed by atoms with Gasteiger partial charge in [-0.05, 0) is 49.1 Å². The van der Waals surface area contributed by atoms with Gasteiger partial charge in [0.15, 0.2) is 6.10 Å². The number of carbonyl (C=O) groups is 2. The summed E-state index contributed by atoms with van der Waals surface area (Å²) in [6.45, 7) is 3.27. The van der Waals surface area contributed by atoms with Gasteiger partial charge in [0.05, 0.1) is 18.2 Å². The number of likely N-dealkylation sites (tertiary alicyclic amines) is 1. The lowest BCUT2D eigenvalue weighted by atomic mass is 9.97. The van der Waals surface area contributed by atoms with Crippen molar-refractivity contribution in [2.75, 3.05) is 13.2 Å². The minimum absolute atomic E-state index is 0.0176. The molecule has 0 bridgehead atoms. The van der Waals surface area contributed by atoms with Crippen LogP contribution in [0.5, 0.6) is 5.75 Å². The van der Waals surface area contributed by atoms with E-state index in [9.17, 15) is 9.59 Å². The lowest BCUT2D eigenvalue weighted by Crippen LogP contribution is -2.44. The molecule has 2 heterocycles. The number of hydrogen-bond donors (Lipinski definition) is 0. The summed E-state index contributed by atoms with van der Waals surface area (Å²) in [4.78, 5) is 27.3. The first-order chi connectivity index (χ1) is 13.2. The molecule has 2 aromatic rings. The fourth-order valence-electron chi connectivity index (χ4n) is 3.98. The van der Waals surface area contributed by atoms with Crippen LogP contribution in [0.2, 0.25) is 0 Å². The van der Waals surface area contributed by atoms with Crippen molar-refractivity contribution in [3.8, 4) is 5.75 Å². The number of fused-ring (bicyclic) bond motifs is 1. The minimum Gasteiger partial charge on any atom is -0.494 e. The molecule has 4 rings (SSSR count). The number of rotatable bonds is 4. The molecule has 2 atom stereocenters. The average molecular weight is 365 g/mol. The predicted molar refractivity (Wildman–Crippen MR) is 101 cm³/mol. The Kier molecular flexibility index (Phi) is 4.84. The maximum Gasteiger partial charge on any atom is 0.339 e. The molecule has 0 spiro atoms. The van der Waals surface area contributed by atoms with Crippen molar-refractivity contribution in [3.05, 3.63) is 65.2 Å². The number of esters is 1. The van der Waals surface area contributed by atoms with Gasteiger partial charge < -0.3 is 14.4 Å². The zero-order valence-corrected chi connectivity index (χ0v) is 15.4. The Morgan fingerprint density at radius 3 is 2.74 bits per heavy atom. The van der Waals surface area contributed by atoms with E-state index in [1.54, 1.807) is 6.07 Å². The highest BCUT2D eigenvalue weighted by Crippen LogP contribution is 2.34. The average Bonchev–Trinajstić information content (AvgIpc) is 3.18. The predicted octanol–water partition coefficient (Wildman–Crippen LogP) is 3.53. The second-order valence-electron chi connectivity index (χ2n) is 6.95. The zero-order valence-electron chi connectivity index (χ0n) is 15.4. The quantitative estimate of drug-likeness (QED) is 0.778. The van der Waals surface area contributed by atoms with Gasteiger partial charge >= 0.3 is 5.97 Å². The van der Waals surface area contributed by atoms with Crippen molar-refractivity contribution >= 4 is 11.9 Å². The summed E-state index contributed by atoms with van der Waals surface area (Å²) >= 11 is 0. The van der Waals surface area contributed by atoms with Crippen molar-refractivity contribution in [2.45, 2.75) is 38.3 Å². The second kappa shape index (κ2) is 7.43. The Hall–Kier alpha value is -2.82. The normalized spacial score (nSPS) is 21.5.